The van der Waals surface area contributed by atoms with Gasteiger partial charge in [0.1, 0.15) is 18.0 Å². The molecule has 0 aromatic carbocycles. The standard InChI is InChI=1S/C9H15N5O/c1-7-5-9(12-6-11-7)14(2)4-3-8(10)13-15/h5-6,15H,3-4H2,1-2H3,(H2,10,13). The molecule has 1 heterocycles. The van der Waals surface area contributed by atoms with Crippen molar-refractivity contribution < 1.29 is 5.21 Å². The Morgan fingerprint density at radius 1 is 1.60 bits per heavy atom. The van der Waals surface area contributed by atoms with Gasteiger partial charge in [-0.2, -0.15) is 0 Å². The third-order valence-corrected chi connectivity index (χ3v) is 2.01. The molecule has 1 rings (SSSR count). The van der Waals surface area contributed by atoms with Crippen LogP contribution < -0.4 is 10.6 Å². The smallest absolute Gasteiger partial charge is 0.140 e. The minimum Gasteiger partial charge on any atom is -0.409 e. The lowest BCUT2D eigenvalue weighted by molar-refractivity contribution is 0.317. The molecule has 0 aliphatic rings. The van der Waals surface area contributed by atoms with Crippen LogP contribution in [0.4, 0.5) is 5.82 Å². The van der Waals surface area contributed by atoms with Gasteiger partial charge < -0.3 is 15.8 Å². The fraction of sp³-hybridized carbons (Fsp3) is 0.444. The largest absolute Gasteiger partial charge is 0.409 e. The Balaban J connectivity index is 2.57. The van der Waals surface area contributed by atoms with Gasteiger partial charge in [0.05, 0.1) is 0 Å². The predicted octanol–water partition coefficient (Wildman–Crippen LogP) is 0.358. The minimum absolute atomic E-state index is 0.215. The summed E-state index contributed by atoms with van der Waals surface area (Å²) in [7, 11) is 1.90. The molecule has 0 saturated carbocycles. The normalized spacial score (nSPS) is 11.5. The molecule has 15 heavy (non-hydrogen) atoms. The Morgan fingerprint density at radius 3 is 2.93 bits per heavy atom. The van der Waals surface area contributed by atoms with Crippen molar-refractivity contribution in [1.29, 1.82) is 0 Å². The first-order chi connectivity index (χ1) is 7.13. The summed E-state index contributed by atoms with van der Waals surface area (Å²) in [4.78, 5) is 10.0. The van der Waals surface area contributed by atoms with E-state index < -0.39 is 0 Å². The summed E-state index contributed by atoms with van der Waals surface area (Å²) in [5, 5.41) is 11.3. The lowest BCUT2D eigenvalue weighted by atomic mass is 10.3. The van der Waals surface area contributed by atoms with Crippen LogP contribution in [0, 0.1) is 6.92 Å². The summed E-state index contributed by atoms with van der Waals surface area (Å²) in [5.74, 6) is 1.04. The number of anilines is 1. The molecular formula is C9H15N5O. The van der Waals surface area contributed by atoms with Crippen LogP contribution in [0.2, 0.25) is 0 Å². The van der Waals surface area contributed by atoms with E-state index in [9.17, 15) is 0 Å². The maximum atomic E-state index is 8.38. The highest BCUT2D eigenvalue weighted by Crippen LogP contribution is 2.08. The Kier molecular flexibility index (Phi) is 3.84. The Morgan fingerprint density at radius 2 is 2.33 bits per heavy atom. The Hall–Kier alpha value is -1.85. The lowest BCUT2D eigenvalue weighted by Crippen LogP contribution is -2.25. The molecule has 1 aromatic rings. The van der Waals surface area contributed by atoms with Gasteiger partial charge in [0, 0.05) is 31.8 Å². The van der Waals surface area contributed by atoms with Crippen molar-refractivity contribution in [3.8, 4) is 0 Å². The Labute approximate surface area is 88.4 Å². The SMILES string of the molecule is Cc1cc(N(C)CC/C(N)=N/O)ncn1. The van der Waals surface area contributed by atoms with Crippen LogP contribution in [0.15, 0.2) is 17.5 Å². The first kappa shape index (κ1) is 11.2. The first-order valence-corrected chi connectivity index (χ1v) is 4.59. The second kappa shape index (κ2) is 5.14. The third kappa shape index (κ3) is 3.41. The van der Waals surface area contributed by atoms with Crippen LogP contribution in [0.1, 0.15) is 12.1 Å². The van der Waals surface area contributed by atoms with E-state index in [1.807, 2.05) is 24.9 Å². The number of nitrogens with two attached hydrogens (primary N) is 1. The quantitative estimate of drug-likeness (QED) is 0.323. The third-order valence-electron chi connectivity index (χ3n) is 2.01. The highest BCUT2D eigenvalue weighted by Gasteiger charge is 2.03. The van der Waals surface area contributed by atoms with Crippen molar-refractivity contribution in [2.45, 2.75) is 13.3 Å². The molecule has 0 atom stereocenters. The minimum atomic E-state index is 0.215. The summed E-state index contributed by atoms with van der Waals surface area (Å²) < 4.78 is 0. The van der Waals surface area contributed by atoms with Gasteiger partial charge in [-0.3, -0.25) is 0 Å². The van der Waals surface area contributed by atoms with E-state index in [4.69, 9.17) is 10.9 Å². The number of aromatic nitrogens is 2. The summed E-state index contributed by atoms with van der Waals surface area (Å²) in [6.07, 6.45) is 2.01. The second-order valence-electron chi connectivity index (χ2n) is 3.28. The first-order valence-electron chi connectivity index (χ1n) is 4.59. The second-order valence-corrected chi connectivity index (χ2v) is 3.28. The average Bonchev–Trinajstić information content (AvgIpc) is 2.25. The van der Waals surface area contributed by atoms with E-state index in [1.54, 1.807) is 0 Å². The number of hydrogen-bond acceptors (Lipinski definition) is 5. The highest BCUT2D eigenvalue weighted by molar-refractivity contribution is 5.80. The number of nitrogens with zero attached hydrogens (tertiary/aromatic N) is 4. The predicted molar refractivity (Wildman–Crippen MR) is 58.1 cm³/mol. The van der Waals surface area contributed by atoms with Crippen LogP contribution in [-0.2, 0) is 0 Å². The Bertz CT molecular complexity index is 352. The fourth-order valence-corrected chi connectivity index (χ4v) is 1.10. The number of aryl methyl sites for hydroxylation is 1. The van der Waals surface area contributed by atoms with Gasteiger partial charge in [-0.15, -0.1) is 0 Å². The molecule has 6 heteroatoms. The van der Waals surface area contributed by atoms with Gasteiger partial charge in [0.2, 0.25) is 0 Å². The molecule has 0 bridgehead atoms. The van der Waals surface area contributed by atoms with Gasteiger partial charge in [-0.25, -0.2) is 9.97 Å². The van der Waals surface area contributed by atoms with Gasteiger partial charge >= 0.3 is 0 Å². The number of oxime groups is 1. The van der Waals surface area contributed by atoms with Crippen LogP contribution in [-0.4, -0.2) is 34.6 Å². The summed E-state index contributed by atoms with van der Waals surface area (Å²) in [6, 6.07) is 1.88. The monoisotopic (exact) mass is 209 g/mol. The van der Waals surface area contributed by atoms with Gasteiger partial charge in [-0.1, -0.05) is 5.16 Å². The van der Waals surface area contributed by atoms with E-state index in [2.05, 4.69) is 15.1 Å². The van der Waals surface area contributed by atoms with Crippen molar-refractivity contribution in [3.05, 3.63) is 18.1 Å². The van der Waals surface area contributed by atoms with Gasteiger partial charge in [0.25, 0.3) is 0 Å². The van der Waals surface area contributed by atoms with E-state index in [-0.39, 0.29) is 5.84 Å². The molecule has 6 nitrogen and oxygen atoms in total. The molecule has 0 fully saturated rings. The lowest BCUT2D eigenvalue weighted by Gasteiger charge is -2.17. The molecule has 3 N–H and O–H groups in total. The number of amidine groups is 1. The molecule has 0 unspecified atom stereocenters. The van der Waals surface area contributed by atoms with Crippen LogP contribution in [0.25, 0.3) is 0 Å². The molecule has 0 spiro atoms. The van der Waals surface area contributed by atoms with Gasteiger partial charge in [-0.05, 0) is 6.92 Å². The van der Waals surface area contributed by atoms with Crippen LogP contribution in [0.5, 0.6) is 0 Å². The molecule has 1 aromatic heterocycles. The van der Waals surface area contributed by atoms with E-state index in [1.165, 1.54) is 6.33 Å². The zero-order chi connectivity index (χ0) is 11.3. The topological polar surface area (TPSA) is 87.6 Å². The molecule has 82 valence electrons. The van der Waals surface area contributed by atoms with Crippen molar-refractivity contribution in [2.75, 3.05) is 18.5 Å². The molecule has 0 saturated heterocycles. The number of rotatable bonds is 4. The zero-order valence-electron chi connectivity index (χ0n) is 8.88. The van der Waals surface area contributed by atoms with Crippen LogP contribution >= 0.6 is 0 Å². The van der Waals surface area contributed by atoms with Crippen molar-refractivity contribution in [1.82, 2.24) is 9.97 Å². The molecule has 0 aliphatic heterocycles. The van der Waals surface area contributed by atoms with E-state index >= 15 is 0 Å². The van der Waals surface area contributed by atoms with E-state index in [0.29, 0.717) is 13.0 Å². The van der Waals surface area contributed by atoms with Crippen LogP contribution in [0.3, 0.4) is 0 Å². The summed E-state index contributed by atoms with van der Waals surface area (Å²) >= 11 is 0. The summed E-state index contributed by atoms with van der Waals surface area (Å²) in [6.45, 7) is 2.55. The van der Waals surface area contributed by atoms with Crippen molar-refractivity contribution in [2.24, 2.45) is 10.9 Å². The van der Waals surface area contributed by atoms with E-state index in [0.717, 1.165) is 11.5 Å². The fourth-order valence-electron chi connectivity index (χ4n) is 1.10. The average molecular weight is 209 g/mol. The molecular weight excluding hydrogens is 194 g/mol. The molecule has 0 radical (unpaired) electrons. The maximum Gasteiger partial charge on any atom is 0.140 e. The molecule has 0 amide bonds. The van der Waals surface area contributed by atoms with Crippen molar-refractivity contribution >= 4 is 11.7 Å². The summed E-state index contributed by atoms with van der Waals surface area (Å²) in [5.41, 5.74) is 6.28. The van der Waals surface area contributed by atoms with Gasteiger partial charge in [0.15, 0.2) is 0 Å². The number of hydrogen-bond donors (Lipinski definition) is 2. The maximum absolute atomic E-state index is 8.38. The zero-order valence-corrected chi connectivity index (χ0v) is 8.88. The highest BCUT2D eigenvalue weighted by atomic mass is 16.4. The molecule has 0 aliphatic carbocycles. The van der Waals surface area contributed by atoms with Crippen molar-refractivity contribution in [3.63, 3.8) is 0 Å².